The van der Waals surface area contributed by atoms with Crippen LogP contribution in [0.15, 0.2) is 24.3 Å². The lowest BCUT2D eigenvalue weighted by Gasteiger charge is -2.42. The van der Waals surface area contributed by atoms with Crippen LogP contribution < -0.4 is 0 Å². The summed E-state index contributed by atoms with van der Waals surface area (Å²) in [7, 11) is 0. The first kappa shape index (κ1) is 9.85. The van der Waals surface area contributed by atoms with Gasteiger partial charge in [-0.1, -0.05) is 29.8 Å². The van der Waals surface area contributed by atoms with Crippen LogP contribution in [0.1, 0.15) is 17.5 Å². The van der Waals surface area contributed by atoms with Crippen LogP contribution in [0.4, 0.5) is 0 Å². The van der Waals surface area contributed by atoms with Gasteiger partial charge in [-0.2, -0.15) is 0 Å². The van der Waals surface area contributed by atoms with E-state index in [-0.39, 0.29) is 17.4 Å². The molecule has 3 aliphatic rings. The molecule has 16 heavy (non-hydrogen) atoms. The van der Waals surface area contributed by atoms with E-state index in [1.165, 1.54) is 5.56 Å². The van der Waals surface area contributed by atoms with E-state index in [0.717, 1.165) is 12.0 Å². The molecule has 0 aromatic heterocycles. The number of aliphatic carboxylic acids is 1. The van der Waals surface area contributed by atoms with Crippen LogP contribution in [0.2, 0.25) is 0 Å². The second kappa shape index (κ2) is 3.08. The number of carboxylic acid groups (broad SMARTS) is 1. The molecule has 1 aromatic carbocycles. The zero-order valence-electron chi connectivity index (χ0n) is 9.14. The average molecular weight is 218 g/mol. The summed E-state index contributed by atoms with van der Waals surface area (Å²) in [5.41, 5.74) is 2.03. The van der Waals surface area contributed by atoms with Crippen LogP contribution >= 0.6 is 0 Å². The van der Waals surface area contributed by atoms with Crippen molar-refractivity contribution in [3.8, 4) is 0 Å². The monoisotopic (exact) mass is 218 g/mol. The Labute approximate surface area is 94.0 Å². The van der Waals surface area contributed by atoms with E-state index in [9.17, 15) is 9.90 Å². The number of carbonyl (C=O) groups is 1. The van der Waals surface area contributed by atoms with Crippen molar-refractivity contribution in [3.63, 3.8) is 0 Å². The van der Waals surface area contributed by atoms with E-state index in [1.807, 2.05) is 25.1 Å². The number of ether oxygens (including phenoxy) is 1. The third kappa shape index (κ3) is 1.09. The van der Waals surface area contributed by atoms with Crippen molar-refractivity contribution < 1.29 is 14.6 Å². The van der Waals surface area contributed by atoms with E-state index in [2.05, 4.69) is 6.07 Å². The maximum absolute atomic E-state index is 11.2. The van der Waals surface area contributed by atoms with Crippen LogP contribution in [0.3, 0.4) is 0 Å². The van der Waals surface area contributed by atoms with E-state index >= 15 is 0 Å². The normalized spacial score (nSPS) is 35.8. The second-order valence-electron chi connectivity index (χ2n) is 4.90. The summed E-state index contributed by atoms with van der Waals surface area (Å²) in [6.07, 6.45) is 0.783. The number of carboxylic acids is 1. The highest BCUT2D eigenvalue weighted by atomic mass is 16.5. The van der Waals surface area contributed by atoms with Crippen LogP contribution in [0.5, 0.6) is 0 Å². The highest BCUT2D eigenvalue weighted by Gasteiger charge is 2.64. The third-order valence-corrected chi connectivity index (χ3v) is 3.95. The molecule has 1 aliphatic carbocycles. The van der Waals surface area contributed by atoms with E-state index < -0.39 is 5.97 Å². The first-order chi connectivity index (χ1) is 7.63. The van der Waals surface area contributed by atoms with Gasteiger partial charge < -0.3 is 9.84 Å². The van der Waals surface area contributed by atoms with Gasteiger partial charge in [-0.05, 0) is 18.9 Å². The van der Waals surface area contributed by atoms with Crippen LogP contribution in [-0.4, -0.2) is 23.8 Å². The summed E-state index contributed by atoms with van der Waals surface area (Å²) in [5.74, 6) is -1.08. The van der Waals surface area contributed by atoms with Gasteiger partial charge in [0.25, 0.3) is 0 Å². The van der Waals surface area contributed by atoms with Gasteiger partial charge in [0.05, 0.1) is 18.6 Å². The molecule has 2 saturated heterocycles. The smallest absolute Gasteiger partial charge is 0.310 e. The molecule has 3 fully saturated rings. The molecule has 1 N–H and O–H groups in total. The highest BCUT2D eigenvalue weighted by Crippen LogP contribution is 2.56. The maximum atomic E-state index is 11.2. The Morgan fingerprint density at radius 3 is 3.00 bits per heavy atom. The Balaban J connectivity index is 2.03. The predicted molar refractivity (Wildman–Crippen MR) is 58.3 cm³/mol. The first-order valence-corrected chi connectivity index (χ1v) is 5.55. The molecule has 3 atom stereocenters. The molecular formula is C13H14O3. The molecule has 0 amide bonds. The highest BCUT2D eigenvalue weighted by molar-refractivity contribution is 5.76. The molecule has 4 rings (SSSR count). The zero-order valence-corrected chi connectivity index (χ0v) is 9.14. The van der Waals surface area contributed by atoms with Gasteiger partial charge in [0.1, 0.15) is 0 Å². The topological polar surface area (TPSA) is 46.5 Å². The molecule has 0 spiro atoms. The molecule has 2 bridgehead atoms. The number of benzene rings is 1. The van der Waals surface area contributed by atoms with E-state index in [1.54, 1.807) is 0 Å². The minimum absolute atomic E-state index is 0.0713. The molecular weight excluding hydrogens is 204 g/mol. The van der Waals surface area contributed by atoms with E-state index in [4.69, 9.17) is 4.74 Å². The fourth-order valence-electron chi connectivity index (χ4n) is 3.09. The summed E-state index contributed by atoms with van der Waals surface area (Å²) in [6.45, 7) is 2.58. The van der Waals surface area contributed by atoms with Crippen molar-refractivity contribution in [1.29, 1.82) is 0 Å². The number of rotatable bonds is 2. The third-order valence-electron chi connectivity index (χ3n) is 3.95. The molecule has 1 aromatic rings. The van der Waals surface area contributed by atoms with Gasteiger partial charge >= 0.3 is 5.97 Å². The van der Waals surface area contributed by atoms with Gasteiger partial charge in [0.2, 0.25) is 0 Å². The minimum Gasteiger partial charge on any atom is -0.481 e. The van der Waals surface area contributed by atoms with Crippen molar-refractivity contribution in [1.82, 2.24) is 0 Å². The maximum Gasteiger partial charge on any atom is 0.310 e. The van der Waals surface area contributed by atoms with Gasteiger partial charge in [0.15, 0.2) is 0 Å². The van der Waals surface area contributed by atoms with Gasteiger partial charge in [-0.15, -0.1) is 0 Å². The Bertz CT molecular complexity index is 450. The standard InChI is InChI=1S/C13H14O3/c1-8-3-2-4-9(5-8)13-6-10(16-7-13)11(13)12(14)15/h2-5,10-11H,6-7H2,1H3,(H,14,15). The zero-order chi connectivity index (χ0) is 11.3. The van der Waals surface area contributed by atoms with Crippen molar-refractivity contribution >= 4 is 5.97 Å². The quantitative estimate of drug-likeness (QED) is 0.822. The summed E-state index contributed by atoms with van der Waals surface area (Å²) < 4.78 is 5.52. The van der Waals surface area contributed by atoms with Crippen LogP contribution in [0, 0.1) is 12.8 Å². The SMILES string of the molecule is Cc1cccc(C23COC(C2)C3C(=O)O)c1. The first-order valence-electron chi connectivity index (χ1n) is 5.55. The Morgan fingerprint density at radius 1 is 1.56 bits per heavy atom. The minimum atomic E-state index is -0.727. The van der Waals surface area contributed by atoms with Crippen molar-refractivity contribution in [3.05, 3.63) is 35.4 Å². The average Bonchev–Trinajstić information content (AvgIpc) is 2.74. The molecule has 1 saturated carbocycles. The Kier molecular flexibility index (Phi) is 1.89. The lowest BCUT2D eigenvalue weighted by molar-refractivity contribution is -0.150. The van der Waals surface area contributed by atoms with Crippen LogP contribution in [0.25, 0.3) is 0 Å². The summed E-state index contributed by atoms with van der Waals surface area (Å²) in [6, 6.07) is 8.13. The molecule has 0 radical (unpaired) electrons. The molecule has 3 nitrogen and oxygen atoms in total. The lowest BCUT2D eigenvalue weighted by Crippen LogP contribution is -2.52. The molecule has 3 unspecified atom stereocenters. The number of hydrogen-bond donors (Lipinski definition) is 1. The fourth-order valence-corrected chi connectivity index (χ4v) is 3.09. The Morgan fingerprint density at radius 2 is 2.38 bits per heavy atom. The van der Waals surface area contributed by atoms with E-state index in [0.29, 0.717) is 6.61 Å². The second-order valence-corrected chi connectivity index (χ2v) is 4.90. The van der Waals surface area contributed by atoms with Crippen molar-refractivity contribution in [2.45, 2.75) is 24.9 Å². The summed E-state index contributed by atoms with van der Waals surface area (Å²) >= 11 is 0. The van der Waals surface area contributed by atoms with Crippen LogP contribution in [-0.2, 0) is 14.9 Å². The van der Waals surface area contributed by atoms with Gasteiger partial charge in [-0.3, -0.25) is 4.79 Å². The van der Waals surface area contributed by atoms with Crippen molar-refractivity contribution in [2.75, 3.05) is 6.61 Å². The number of hydrogen-bond acceptors (Lipinski definition) is 2. The number of aryl methyl sites for hydroxylation is 1. The summed E-state index contributed by atoms with van der Waals surface area (Å²) in [4.78, 5) is 11.2. The van der Waals surface area contributed by atoms with Crippen molar-refractivity contribution in [2.24, 2.45) is 5.92 Å². The molecule has 2 aliphatic heterocycles. The molecule has 3 heteroatoms. The molecule has 2 heterocycles. The lowest BCUT2D eigenvalue weighted by atomic mass is 9.57. The number of fused-ring (bicyclic) bond motifs is 1. The predicted octanol–water partition coefficient (Wildman–Crippen LogP) is 1.74. The van der Waals surface area contributed by atoms with Gasteiger partial charge in [-0.25, -0.2) is 0 Å². The summed E-state index contributed by atoms with van der Waals surface area (Å²) in [5, 5.41) is 9.23. The Hall–Kier alpha value is -1.35. The largest absolute Gasteiger partial charge is 0.481 e. The molecule has 84 valence electrons. The van der Waals surface area contributed by atoms with Gasteiger partial charge in [0, 0.05) is 5.41 Å². The fraction of sp³-hybridized carbons (Fsp3) is 0.462.